The maximum absolute atomic E-state index is 11.9. The zero-order valence-corrected chi connectivity index (χ0v) is 13.2. The maximum Gasteiger partial charge on any atom is 0.220 e. The molecule has 2 atom stereocenters. The van der Waals surface area contributed by atoms with E-state index in [0.717, 1.165) is 41.7 Å². The van der Waals surface area contributed by atoms with Crippen LogP contribution in [-0.4, -0.2) is 12.5 Å². The topological polar surface area (TPSA) is 64.3 Å². The van der Waals surface area contributed by atoms with E-state index in [4.69, 9.17) is 10.5 Å². The molecule has 1 heterocycles. The number of carbonyl (C=O) groups is 1. The highest BCUT2D eigenvalue weighted by atomic mass is 16.5. The summed E-state index contributed by atoms with van der Waals surface area (Å²) in [4.78, 5) is 11.9. The molecule has 0 saturated carbocycles. The van der Waals surface area contributed by atoms with E-state index in [1.807, 2.05) is 6.92 Å². The molecule has 3 N–H and O–H groups in total. The van der Waals surface area contributed by atoms with Gasteiger partial charge in [0.1, 0.15) is 5.75 Å². The van der Waals surface area contributed by atoms with Gasteiger partial charge in [0.2, 0.25) is 5.91 Å². The van der Waals surface area contributed by atoms with Gasteiger partial charge in [0.25, 0.3) is 0 Å². The van der Waals surface area contributed by atoms with Crippen LogP contribution in [0.5, 0.6) is 5.75 Å². The Morgan fingerprint density at radius 1 is 1.48 bits per heavy atom. The molecule has 0 aliphatic carbocycles. The van der Waals surface area contributed by atoms with Crippen molar-refractivity contribution in [2.24, 2.45) is 5.73 Å². The second-order valence-corrected chi connectivity index (χ2v) is 5.79. The predicted molar refractivity (Wildman–Crippen MR) is 84.3 cm³/mol. The largest absolute Gasteiger partial charge is 0.493 e. The number of fused-ring (bicyclic) bond motifs is 1. The first-order chi connectivity index (χ1) is 10.1. The number of nitrogens with one attached hydrogen (secondary N) is 1. The fraction of sp³-hybridized carbons (Fsp3) is 0.588. The molecule has 4 nitrogen and oxygen atoms in total. The number of hydrogen-bond donors (Lipinski definition) is 2. The van der Waals surface area contributed by atoms with Crippen molar-refractivity contribution < 1.29 is 9.53 Å². The number of benzene rings is 1. The van der Waals surface area contributed by atoms with Crippen LogP contribution in [0.2, 0.25) is 0 Å². The third-order valence-corrected chi connectivity index (χ3v) is 3.97. The summed E-state index contributed by atoms with van der Waals surface area (Å²) in [5, 5.41) is 3.13. The van der Waals surface area contributed by atoms with Crippen molar-refractivity contribution in [1.29, 1.82) is 0 Å². The van der Waals surface area contributed by atoms with Crippen LogP contribution in [0.15, 0.2) is 12.1 Å². The average molecular weight is 290 g/mol. The van der Waals surface area contributed by atoms with Crippen LogP contribution < -0.4 is 15.8 Å². The van der Waals surface area contributed by atoms with Gasteiger partial charge in [0, 0.05) is 30.0 Å². The maximum atomic E-state index is 11.9. The fourth-order valence-corrected chi connectivity index (χ4v) is 2.83. The van der Waals surface area contributed by atoms with Crippen molar-refractivity contribution in [1.82, 2.24) is 5.32 Å². The Hall–Kier alpha value is -1.55. The number of ether oxygens (including phenoxy) is 1. The fourth-order valence-electron chi connectivity index (χ4n) is 2.83. The van der Waals surface area contributed by atoms with E-state index >= 15 is 0 Å². The summed E-state index contributed by atoms with van der Waals surface area (Å²) >= 11 is 0. The van der Waals surface area contributed by atoms with Crippen molar-refractivity contribution in [2.75, 3.05) is 6.61 Å². The second kappa shape index (κ2) is 6.94. The Balaban J connectivity index is 2.33. The van der Waals surface area contributed by atoms with Gasteiger partial charge in [0.05, 0.1) is 12.6 Å². The highest BCUT2D eigenvalue weighted by Crippen LogP contribution is 2.38. The molecule has 4 heteroatoms. The molecule has 1 aliphatic rings. The first-order valence-electron chi connectivity index (χ1n) is 7.89. The highest BCUT2D eigenvalue weighted by Gasteiger charge is 2.26. The molecule has 0 radical (unpaired) electrons. The Morgan fingerprint density at radius 3 is 2.90 bits per heavy atom. The number of amides is 1. The lowest BCUT2D eigenvalue weighted by atomic mass is 9.92. The smallest absolute Gasteiger partial charge is 0.220 e. The first-order valence-corrected chi connectivity index (χ1v) is 7.89. The van der Waals surface area contributed by atoms with Gasteiger partial charge in [-0.15, -0.1) is 0 Å². The summed E-state index contributed by atoms with van der Waals surface area (Å²) in [6.45, 7) is 6.77. The van der Waals surface area contributed by atoms with Gasteiger partial charge in [-0.25, -0.2) is 0 Å². The number of aryl methyl sites for hydroxylation is 1. The molecular formula is C17H26N2O2. The molecule has 0 saturated heterocycles. The lowest BCUT2D eigenvalue weighted by Crippen LogP contribution is -2.32. The van der Waals surface area contributed by atoms with Gasteiger partial charge in [-0.1, -0.05) is 31.5 Å². The Morgan fingerprint density at radius 2 is 2.24 bits per heavy atom. The summed E-state index contributed by atoms with van der Waals surface area (Å²) in [7, 11) is 0. The first kappa shape index (κ1) is 15.8. The minimum absolute atomic E-state index is 0.0243. The van der Waals surface area contributed by atoms with Crippen molar-refractivity contribution in [3.63, 3.8) is 0 Å². The molecule has 0 bridgehead atoms. The van der Waals surface area contributed by atoms with Gasteiger partial charge < -0.3 is 15.8 Å². The molecule has 1 amide bonds. The van der Waals surface area contributed by atoms with Crippen LogP contribution in [0.4, 0.5) is 0 Å². The van der Waals surface area contributed by atoms with E-state index in [1.165, 1.54) is 0 Å². The van der Waals surface area contributed by atoms with Gasteiger partial charge in [-0.2, -0.15) is 0 Å². The summed E-state index contributed by atoms with van der Waals surface area (Å²) in [5.41, 5.74) is 9.51. The molecule has 2 unspecified atom stereocenters. The summed E-state index contributed by atoms with van der Waals surface area (Å²) in [6, 6.07) is 4.22. The third-order valence-electron chi connectivity index (χ3n) is 3.97. The SMILES string of the molecule is CCCC(=O)NC1CCOc2c(C(N)CC)cc(C)cc21. The zero-order valence-electron chi connectivity index (χ0n) is 13.2. The molecule has 21 heavy (non-hydrogen) atoms. The molecule has 0 aromatic heterocycles. The number of carbonyl (C=O) groups excluding carboxylic acids is 1. The van der Waals surface area contributed by atoms with Crippen LogP contribution in [0.3, 0.4) is 0 Å². The lowest BCUT2D eigenvalue weighted by Gasteiger charge is -2.30. The van der Waals surface area contributed by atoms with Crippen LogP contribution >= 0.6 is 0 Å². The van der Waals surface area contributed by atoms with E-state index in [9.17, 15) is 4.79 Å². The summed E-state index contributed by atoms with van der Waals surface area (Å²) in [5.74, 6) is 0.987. The molecular weight excluding hydrogens is 264 g/mol. The van der Waals surface area contributed by atoms with Gasteiger partial charge in [0.15, 0.2) is 0 Å². The molecule has 1 aromatic carbocycles. The second-order valence-electron chi connectivity index (χ2n) is 5.79. The van der Waals surface area contributed by atoms with Crippen LogP contribution in [-0.2, 0) is 4.79 Å². The lowest BCUT2D eigenvalue weighted by molar-refractivity contribution is -0.122. The molecule has 1 aromatic rings. The number of nitrogens with two attached hydrogens (primary N) is 1. The molecule has 0 spiro atoms. The van der Waals surface area contributed by atoms with E-state index in [-0.39, 0.29) is 18.0 Å². The van der Waals surface area contributed by atoms with E-state index in [0.29, 0.717) is 13.0 Å². The number of hydrogen-bond acceptors (Lipinski definition) is 3. The van der Waals surface area contributed by atoms with Crippen LogP contribution in [0, 0.1) is 6.92 Å². The molecule has 1 aliphatic heterocycles. The normalized spacial score (nSPS) is 18.6. The molecule has 0 fully saturated rings. The quantitative estimate of drug-likeness (QED) is 0.875. The van der Waals surface area contributed by atoms with Crippen molar-refractivity contribution in [3.8, 4) is 5.75 Å². The van der Waals surface area contributed by atoms with E-state index in [1.54, 1.807) is 0 Å². The van der Waals surface area contributed by atoms with Crippen LogP contribution in [0.25, 0.3) is 0 Å². The van der Waals surface area contributed by atoms with E-state index in [2.05, 4.69) is 31.3 Å². The Labute approximate surface area is 127 Å². The zero-order chi connectivity index (χ0) is 15.4. The van der Waals surface area contributed by atoms with Crippen molar-refractivity contribution >= 4 is 5.91 Å². The summed E-state index contributed by atoms with van der Waals surface area (Å²) < 4.78 is 5.87. The average Bonchev–Trinajstić information content (AvgIpc) is 2.46. The monoisotopic (exact) mass is 290 g/mol. The standard InChI is InChI=1S/C17H26N2O2/c1-4-6-16(20)19-15-7-8-21-17-12(14(18)5-2)9-11(3)10-13(15)17/h9-10,14-15H,4-8,18H2,1-3H3,(H,19,20). The minimum Gasteiger partial charge on any atom is -0.493 e. The Bertz CT molecular complexity index is 514. The third kappa shape index (κ3) is 3.56. The van der Waals surface area contributed by atoms with Crippen LogP contribution in [0.1, 0.15) is 68.3 Å². The van der Waals surface area contributed by atoms with Gasteiger partial charge >= 0.3 is 0 Å². The molecule has 2 rings (SSSR count). The minimum atomic E-state index is -0.0243. The van der Waals surface area contributed by atoms with Gasteiger partial charge in [-0.3, -0.25) is 4.79 Å². The van der Waals surface area contributed by atoms with Crippen molar-refractivity contribution in [3.05, 3.63) is 28.8 Å². The van der Waals surface area contributed by atoms with Gasteiger partial charge in [-0.05, 0) is 19.8 Å². The highest BCUT2D eigenvalue weighted by molar-refractivity contribution is 5.76. The van der Waals surface area contributed by atoms with Crippen molar-refractivity contribution in [2.45, 2.75) is 58.5 Å². The summed E-state index contributed by atoms with van der Waals surface area (Å²) in [6.07, 6.45) is 3.11. The number of rotatable bonds is 5. The van der Waals surface area contributed by atoms with E-state index < -0.39 is 0 Å². The molecule has 116 valence electrons. The Kier molecular flexibility index (Phi) is 5.23. The predicted octanol–water partition coefficient (Wildman–Crippen LogP) is 3.14.